The van der Waals surface area contributed by atoms with Gasteiger partial charge in [0.1, 0.15) is 11.3 Å². The van der Waals surface area contributed by atoms with Crippen LogP contribution in [0, 0.1) is 13.8 Å². The highest BCUT2D eigenvalue weighted by molar-refractivity contribution is 6.35. The van der Waals surface area contributed by atoms with Crippen LogP contribution < -0.4 is 5.32 Å². The molecule has 0 aliphatic carbocycles. The molecule has 0 saturated heterocycles. The number of nitrogens with zero attached hydrogens (tertiary/aromatic N) is 1. The molecule has 1 aromatic heterocycles. The number of carbonyl (C=O) groups is 1. The summed E-state index contributed by atoms with van der Waals surface area (Å²) in [5.41, 5.74) is 1.39. The summed E-state index contributed by atoms with van der Waals surface area (Å²) in [6.07, 6.45) is 0. The Bertz CT molecular complexity index is 589. The second-order valence-electron chi connectivity index (χ2n) is 3.78. The lowest BCUT2D eigenvalue weighted by molar-refractivity contribution is 0.102. The van der Waals surface area contributed by atoms with Crippen LogP contribution in [0.15, 0.2) is 22.7 Å². The number of nitrogens with one attached hydrogen (secondary N) is 1. The second-order valence-corrected chi connectivity index (χ2v) is 4.62. The number of rotatable bonds is 2. The predicted molar refractivity (Wildman–Crippen MR) is 70.4 cm³/mol. The zero-order valence-electron chi connectivity index (χ0n) is 9.75. The van der Waals surface area contributed by atoms with Crippen LogP contribution in [0.5, 0.6) is 0 Å². The molecule has 6 heteroatoms. The Morgan fingerprint density at radius 1 is 1.33 bits per heavy atom. The van der Waals surface area contributed by atoms with Crippen molar-refractivity contribution in [3.63, 3.8) is 0 Å². The number of halogens is 2. The largest absolute Gasteiger partial charge is 0.361 e. The monoisotopic (exact) mass is 284 g/mol. The first-order valence-electron chi connectivity index (χ1n) is 5.18. The molecular formula is C12H10Cl2N2O2. The molecule has 2 aromatic rings. The molecule has 1 heterocycles. The smallest absolute Gasteiger partial charge is 0.261 e. The highest BCUT2D eigenvalue weighted by Crippen LogP contribution is 2.26. The Kier molecular flexibility index (Phi) is 3.59. The average molecular weight is 285 g/mol. The zero-order valence-corrected chi connectivity index (χ0v) is 11.3. The van der Waals surface area contributed by atoms with E-state index >= 15 is 0 Å². The van der Waals surface area contributed by atoms with E-state index in [2.05, 4.69) is 10.5 Å². The minimum absolute atomic E-state index is 0.324. The van der Waals surface area contributed by atoms with Gasteiger partial charge < -0.3 is 9.84 Å². The number of hydrogen-bond acceptors (Lipinski definition) is 3. The minimum atomic E-state index is -0.324. The Morgan fingerprint density at radius 3 is 2.67 bits per heavy atom. The van der Waals surface area contributed by atoms with Gasteiger partial charge in [-0.2, -0.15) is 0 Å². The number of aryl methyl sites for hydroxylation is 2. The summed E-state index contributed by atoms with van der Waals surface area (Å²) >= 11 is 11.8. The molecule has 0 spiro atoms. The second kappa shape index (κ2) is 5.00. The molecule has 1 N–H and O–H groups in total. The van der Waals surface area contributed by atoms with E-state index in [1.165, 1.54) is 0 Å². The maximum atomic E-state index is 12.1. The van der Waals surface area contributed by atoms with E-state index in [0.717, 1.165) is 0 Å². The third kappa shape index (κ3) is 2.49. The van der Waals surface area contributed by atoms with E-state index in [1.54, 1.807) is 32.0 Å². The Labute approximate surface area is 114 Å². The molecule has 0 radical (unpaired) electrons. The summed E-state index contributed by atoms with van der Waals surface area (Å²) in [4.78, 5) is 12.1. The van der Waals surface area contributed by atoms with Gasteiger partial charge in [0.05, 0.1) is 16.4 Å². The van der Waals surface area contributed by atoms with Gasteiger partial charge >= 0.3 is 0 Å². The van der Waals surface area contributed by atoms with Gasteiger partial charge in [0.2, 0.25) is 0 Å². The van der Waals surface area contributed by atoms with E-state index in [1.807, 2.05) is 0 Å². The summed E-state index contributed by atoms with van der Waals surface area (Å²) in [6, 6.07) is 4.85. The molecule has 2 rings (SSSR count). The van der Waals surface area contributed by atoms with Crippen molar-refractivity contribution in [1.29, 1.82) is 0 Å². The SMILES string of the molecule is Cc1noc(C)c1C(=O)Nc1cc(Cl)ccc1Cl. The first-order chi connectivity index (χ1) is 8.49. The van der Waals surface area contributed by atoms with Crippen LogP contribution >= 0.6 is 23.2 Å². The molecule has 0 aliphatic rings. The van der Waals surface area contributed by atoms with Crippen LogP contribution in [0.25, 0.3) is 0 Å². The maximum absolute atomic E-state index is 12.1. The summed E-state index contributed by atoms with van der Waals surface area (Å²) < 4.78 is 4.94. The lowest BCUT2D eigenvalue weighted by Crippen LogP contribution is -2.13. The standard InChI is InChI=1S/C12H10Cl2N2O2/c1-6-11(7(2)18-16-6)12(17)15-10-5-8(13)3-4-9(10)14/h3-5H,1-2H3,(H,15,17). The number of aromatic nitrogens is 1. The number of carbonyl (C=O) groups excluding carboxylic acids is 1. The molecule has 18 heavy (non-hydrogen) atoms. The highest BCUT2D eigenvalue weighted by atomic mass is 35.5. The third-order valence-electron chi connectivity index (χ3n) is 2.44. The van der Waals surface area contributed by atoms with Crippen LogP contribution in [0.1, 0.15) is 21.8 Å². The van der Waals surface area contributed by atoms with Gasteiger partial charge in [-0.05, 0) is 32.0 Å². The molecule has 0 atom stereocenters. The van der Waals surface area contributed by atoms with Gasteiger partial charge in [-0.1, -0.05) is 28.4 Å². The normalized spacial score (nSPS) is 10.4. The molecule has 94 valence electrons. The fourth-order valence-electron chi connectivity index (χ4n) is 1.59. The summed E-state index contributed by atoms with van der Waals surface area (Å²) in [7, 11) is 0. The Hall–Kier alpha value is -1.52. The van der Waals surface area contributed by atoms with Gasteiger partial charge in [0.15, 0.2) is 0 Å². The zero-order chi connectivity index (χ0) is 13.3. The fourth-order valence-corrected chi connectivity index (χ4v) is 1.92. The summed E-state index contributed by atoms with van der Waals surface area (Å²) in [5, 5.41) is 7.31. The topological polar surface area (TPSA) is 55.1 Å². The Balaban J connectivity index is 2.30. The molecule has 0 unspecified atom stereocenters. The van der Waals surface area contributed by atoms with Crippen molar-refractivity contribution in [1.82, 2.24) is 5.16 Å². The van der Waals surface area contributed by atoms with E-state index in [4.69, 9.17) is 27.7 Å². The maximum Gasteiger partial charge on any atom is 0.261 e. The van der Waals surface area contributed by atoms with Crippen molar-refractivity contribution in [2.75, 3.05) is 5.32 Å². The first kappa shape index (κ1) is 12.9. The molecular weight excluding hydrogens is 275 g/mol. The van der Waals surface area contributed by atoms with Crippen LogP contribution in [0.4, 0.5) is 5.69 Å². The lowest BCUT2D eigenvalue weighted by Gasteiger charge is -2.07. The van der Waals surface area contributed by atoms with Gasteiger partial charge in [-0.15, -0.1) is 0 Å². The average Bonchev–Trinajstić information content (AvgIpc) is 2.63. The fraction of sp³-hybridized carbons (Fsp3) is 0.167. The number of benzene rings is 1. The number of amides is 1. The first-order valence-corrected chi connectivity index (χ1v) is 5.94. The van der Waals surface area contributed by atoms with Crippen molar-refractivity contribution in [3.8, 4) is 0 Å². The van der Waals surface area contributed by atoms with E-state index in [0.29, 0.717) is 32.8 Å². The lowest BCUT2D eigenvalue weighted by atomic mass is 10.2. The molecule has 0 aliphatic heterocycles. The van der Waals surface area contributed by atoms with Crippen LogP contribution in [-0.4, -0.2) is 11.1 Å². The van der Waals surface area contributed by atoms with Gasteiger partial charge in [0, 0.05) is 5.02 Å². The van der Waals surface area contributed by atoms with Gasteiger partial charge in [0.25, 0.3) is 5.91 Å². The van der Waals surface area contributed by atoms with Crippen LogP contribution in [0.3, 0.4) is 0 Å². The van der Waals surface area contributed by atoms with E-state index in [9.17, 15) is 4.79 Å². The predicted octanol–water partition coefficient (Wildman–Crippen LogP) is 3.85. The number of anilines is 1. The molecule has 0 bridgehead atoms. The molecule has 0 saturated carbocycles. The van der Waals surface area contributed by atoms with E-state index in [-0.39, 0.29) is 5.91 Å². The summed E-state index contributed by atoms with van der Waals surface area (Å²) in [5.74, 6) is 0.138. The summed E-state index contributed by atoms with van der Waals surface area (Å²) in [6.45, 7) is 3.37. The van der Waals surface area contributed by atoms with Gasteiger partial charge in [-0.3, -0.25) is 4.79 Å². The third-order valence-corrected chi connectivity index (χ3v) is 3.00. The Morgan fingerprint density at radius 2 is 2.06 bits per heavy atom. The van der Waals surface area contributed by atoms with Crippen LogP contribution in [-0.2, 0) is 0 Å². The quantitative estimate of drug-likeness (QED) is 0.911. The van der Waals surface area contributed by atoms with Crippen molar-refractivity contribution < 1.29 is 9.32 Å². The highest BCUT2D eigenvalue weighted by Gasteiger charge is 2.18. The van der Waals surface area contributed by atoms with Crippen LogP contribution in [0.2, 0.25) is 10.0 Å². The van der Waals surface area contributed by atoms with Crippen molar-refractivity contribution in [2.24, 2.45) is 0 Å². The van der Waals surface area contributed by atoms with Crippen molar-refractivity contribution in [2.45, 2.75) is 13.8 Å². The van der Waals surface area contributed by atoms with Crippen molar-refractivity contribution in [3.05, 3.63) is 45.3 Å². The molecule has 4 nitrogen and oxygen atoms in total. The van der Waals surface area contributed by atoms with Gasteiger partial charge in [-0.25, -0.2) is 0 Å². The van der Waals surface area contributed by atoms with Crippen molar-refractivity contribution >= 4 is 34.8 Å². The minimum Gasteiger partial charge on any atom is -0.361 e. The molecule has 1 aromatic carbocycles. The molecule has 1 amide bonds. The van der Waals surface area contributed by atoms with E-state index < -0.39 is 0 Å². The molecule has 0 fully saturated rings. The number of hydrogen-bond donors (Lipinski definition) is 1.